The summed E-state index contributed by atoms with van der Waals surface area (Å²) in [5, 5.41) is 20.0. The van der Waals surface area contributed by atoms with Gasteiger partial charge in [0.15, 0.2) is 10.8 Å². The zero-order valence-corrected chi connectivity index (χ0v) is 25.2. The molecule has 3 atom stereocenters. The van der Waals surface area contributed by atoms with Crippen molar-refractivity contribution in [1.82, 2.24) is 15.2 Å². The van der Waals surface area contributed by atoms with Crippen LogP contribution in [-0.2, 0) is 19.2 Å². The van der Waals surface area contributed by atoms with E-state index in [1.165, 1.54) is 28.0 Å². The van der Waals surface area contributed by atoms with Crippen LogP contribution in [0.3, 0.4) is 0 Å². The fourth-order valence-electron chi connectivity index (χ4n) is 5.13. The van der Waals surface area contributed by atoms with E-state index in [1.54, 1.807) is 19.2 Å². The van der Waals surface area contributed by atoms with Crippen molar-refractivity contribution in [3.05, 3.63) is 11.1 Å². The summed E-state index contributed by atoms with van der Waals surface area (Å²) < 4.78 is -0.746. The number of oxime groups is 1. The first-order chi connectivity index (χ1) is 16.3. The molecule has 1 aromatic rings. The number of anilines is 1. The number of aliphatic carboxylic acids is 1. The van der Waals surface area contributed by atoms with Gasteiger partial charge in [-0.15, -0.1) is 23.1 Å². The van der Waals surface area contributed by atoms with Crippen LogP contribution in [-0.4, -0.2) is 61.2 Å². The molecule has 4 rings (SSSR count). The Kier molecular flexibility index (Phi) is 8.77. The zero-order valence-electron chi connectivity index (χ0n) is 21.6. The molecule has 3 heterocycles. The van der Waals surface area contributed by atoms with Gasteiger partial charge in [-0.05, 0) is 46.5 Å². The van der Waals surface area contributed by atoms with Crippen molar-refractivity contribution in [3.63, 3.8) is 0 Å². The number of amides is 2. The molecule has 36 heavy (non-hydrogen) atoms. The number of nitrogens with one attached hydrogen (secondary N) is 1. The predicted octanol–water partition coefficient (Wildman–Crippen LogP) is -1.65. The number of thioether (sulfide) groups is 1. The van der Waals surface area contributed by atoms with Gasteiger partial charge < -0.3 is 30.7 Å². The molecule has 0 unspecified atom stereocenters. The SMILES string of the molecule is CC1(C)S[C@@H]2[C@@H](NC(=O)/C(=N\OC(C)(C)[C@H]3CC[C@H](C)CC3)c3csc(N)n3)C(=O)N2[C@H]1C(=O)[O-].[Na+]. The second-order valence-corrected chi connectivity index (χ2v) is 13.4. The average Bonchev–Trinajstić information content (AvgIpc) is 3.30. The maximum atomic E-state index is 13.3. The summed E-state index contributed by atoms with van der Waals surface area (Å²) in [6.45, 7) is 9.67. The molecular formula is C23H32N5NaO5S2. The van der Waals surface area contributed by atoms with E-state index in [0.717, 1.165) is 25.7 Å². The van der Waals surface area contributed by atoms with Crippen LogP contribution in [0.25, 0.3) is 0 Å². The van der Waals surface area contributed by atoms with E-state index >= 15 is 0 Å². The van der Waals surface area contributed by atoms with Crippen molar-refractivity contribution >= 4 is 51.7 Å². The number of carbonyl (C=O) groups is 3. The van der Waals surface area contributed by atoms with Gasteiger partial charge in [0, 0.05) is 16.0 Å². The summed E-state index contributed by atoms with van der Waals surface area (Å²) in [5.41, 5.74) is 5.38. The largest absolute Gasteiger partial charge is 1.00 e. The molecule has 0 spiro atoms. The van der Waals surface area contributed by atoms with Crippen LogP contribution in [0.15, 0.2) is 10.5 Å². The van der Waals surface area contributed by atoms with Gasteiger partial charge in [-0.2, -0.15) is 0 Å². The first-order valence-electron chi connectivity index (χ1n) is 11.8. The third kappa shape index (κ3) is 5.57. The number of rotatable bonds is 7. The fraction of sp³-hybridized carbons (Fsp3) is 0.696. The number of fused-ring (bicyclic) bond motifs is 1. The first kappa shape index (κ1) is 29.2. The van der Waals surface area contributed by atoms with Crippen molar-refractivity contribution in [2.75, 3.05) is 5.73 Å². The molecule has 13 heteroatoms. The van der Waals surface area contributed by atoms with E-state index < -0.39 is 45.6 Å². The number of β-lactam (4-membered cyclic amide) rings is 1. The average molecular weight is 546 g/mol. The summed E-state index contributed by atoms with van der Waals surface area (Å²) in [6.07, 6.45) is 4.30. The Hall–Kier alpha value is -1.34. The number of nitrogen functional groups attached to an aromatic ring is 1. The monoisotopic (exact) mass is 545 g/mol. The van der Waals surface area contributed by atoms with E-state index in [4.69, 9.17) is 10.6 Å². The topological polar surface area (TPSA) is 150 Å². The number of carbonyl (C=O) groups excluding carboxylic acids is 3. The Morgan fingerprint density at radius 3 is 2.50 bits per heavy atom. The fourth-order valence-corrected chi connectivity index (χ4v) is 7.30. The van der Waals surface area contributed by atoms with Gasteiger partial charge in [0.2, 0.25) is 5.91 Å². The summed E-state index contributed by atoms with van der Waals surface area (Å²) in [6, 6.07) is -1.95. The Morgan fingerprint density at radius 2 is 1.94 bits per heavy atom. The smallest absolute Gasteiger partial charge is 0.548 e. The molecule has 1 aromatic heterocycles. The Bertz CT molecular complexity index is 1050. The van der Waals surface area contributed by atoms with Crippen LogP contribution in [0.2, 0.25) is 0 Å². The summed E-state index contributed by atoms with van der Waals surface area (Å²) in [5.74, 6) is -1.41. The molecule has 10 nitrogen and oxygen atoms in total. The summed E-state index contributed by atoms with van der Waals surface area (Å²) >= 11 is 2.49. The molecule has 1 aliphatic carbocycles. The molecule has 192 valence electrons. The van der Waals surface area contributed by atoms with E-state index in [1.807, 2.05) is 13.8 Å². The van der Waals surface area contributed by atoms with E-state index in [2.05, 4.69) is 22.4 Å². The molecule has 3 fully saturated rings. The van der Waals surface area contributed by atoms with Gasteiger partial charge >= 0.3 is 29.6 Å². The van der Waals surface area contributed by atoms with Crippen LogP contribution in [0.4, 0.5) is 5.13 Å². The normalized spacial score (nSPS) is 29.6. The number of carboxylic acids is 1. The van der Waals surface area contributed by atoms with Gasteiger partial charge in [-0.3, -0.25) is 9.59 Å². The minimum atomic E-state index is -1.31. The number of aromatic nitrogens is 1. The molecule has 0 aromatic carbocycles. The number of carboxylic acid groups (broad SMARTS) is 1. The summed E-state index contributed by atoms with van der Waals surface area (Å²) in [7, 11) is 0. The van der Waals surface area contributed by atoms with Crippen LogP contribution < -0.4 is 45.7 Å². The predicted molar refractivity (Wildman–Crippen MR) is 132 cm³/mol. The minimum absolute atomic E-state index is 0. The molecule has 3 N–H and O–H groups in total. The molecule has 0 radical (unpaired) electrons. The van der Waals surface area contributed by atoms with Gasteiger partial charge in [0.1, 0.15) is 22.7 Å². The number of thiazole rings is 1. The van der Waals surface area contributed by atoms with E-state index in [0.29, 0.717) is 11.8 Å². The van der Waals surface area contributed by atoms with Gasteiger partial charge in [-0.25, -0.2) is 4.98 Å². The molecule has 3 aliphatic rings. The number of hydrogen-bond donors (Lipinski definition) is 2. The molecule has 2 saturated heterocycles. The van der Waals surface area contributed by atoms with Gasteiger partial charge in [0.05, 0.1) is 12.0 Å². The van der Waals surface area contributed by atoms with Crippen LogP contribution >= 0.6 is 23.1 Å². The van der Waals surface area contributed by atoms with Crippen molar-refractivity contribution in [2.24, 2.45) is 17.0 Å². The quantitative estimate of drug-likeness (QED) is 0.179. The maximum Gasteiger partial charge on any atom is 1.00 e. The third-order valence-corrected chi connectivity index (χ3v) is 9.55. The summed E-state index contributed by atoms with van der Waals surface area (Å²) in [4.78, 5) is 49.1. The molecule has 1 saturated carbocycles. The number of hydrogen-bond acceptors (Lipinski definition) is 10. The van der Waals surface area contributed by atoms with Crippen molar-refractivity contribution in [3.8, 4) is 0 Å². The van der Waals surface area contributed by atoms with Crippen LogP contribution in [0, 0.1) is 11.8 Å². The maximum absolute atomic E-state index is 13.3. The third-order valence-electron chi connectivity index (χ3n) is 7.30. The minimum Gasteiger partial charge on any atom is -0.548 e. The number of nitrogens with two attached hydrogens (primary N) is 1. The first-order valence-corrected chi connectivity index (χ1v) is 13.6. The Balaban J connectivity index is 0.00000361. The van der Waals surface area contributed by atoms with Crippen molar-refractivity contribution in [2.45, 2.75) is 88.1 Å². The Morgan fingerprint density at radius 1 is 1.31 bits per heavy atom. The Labute approximate surface area is 241 Å². The van der Waals surface area contributed by atoms with E-state index in [-0.39, 0.29) is 46.1 Å². The number of nitrogens with zero attached hydrogens (tertiary/aromatic N) is 3. The zero-order chi connectivity index (χ0) is 25.7. The van der Waals surface area contributed by atoms with Crippen molar-refractivity contribution < 1.29 is 53.9 Å². The van der Waals surface area contributed by atoms with Crippen molar-refractivity contribution in [1.29, 1.82) is 0 Å². The molecule has 2 aliphatic heterocycles. The second kappa shape index (κ2) is 10.8. The second-order valence-electron chi connectivity index (χ2n) is 10.7. The van der Waals surface area contributed by atoms with E-state index in [9.17, 15) is 19.5 Å². The molecule has 0 bridgehead atoms. The van der Waals surface area contributed by atoms with Gasteiger partial charge in [-0.1, -0.05) is 24.9 Å². The molecular weight excluding hydrogens is 513 g/mol. The molecule has 2 amide bonds. The van der Waals surface area contributed by atoms with Crippen LogP contribution in [0.5, 0.6) is 0 Å². The standard InChI is InChI=1S/C23H33N5O5S2.Na/c1-11-6-8-12(9-7-11)22(2,3)33-27-14(13-10-34-21(24)25-13)17(29)26-15-18(30)28-16(20(31)32)23(4,5)35-19(15)28;/h10-12,15-16,19H,6-9H2,1-5H3,(H2,24,25)(H,26,29)(H,31,32);/q;+1/p-1/b27-14-;/t11-,12-,15-,16-,19+;/m0./s1. The van der Waals surface area contributed by atoms with Gasteiger partial charge in [0.25, 0.3) is 5.91 Å². The van der Waals surface area contributed by atoms with Crippen LogP contribution in [0.1, 0.15) is 66.0 Å².